The van der Waals surface area contributed by atoms with Crippen molar-refractivity contribution in [3.8, 4) is 0 Å². The van der Waals surface area contributed by atoms with E-state index in [9.17, 15) is 15.0 Å². The maximum Gasteiger partial charge on any atom is 0.220 e. The van der Waals surface area contributed by atoms with Crippen LogP contribution in [0, 0.1) is 0 Å². The lowest BCUT2D eigenvalue weighted by Crippen LogP contribution is -2.45. The molecule has 0 spiro atoms. The molecule has 0 saturated carbocycles. The van der Waals surface area contributed by atoms with Crippen LogP contribution in [-0.4, -0.2) is 34.9 Å². The molecule has 0 aliphatic heterocycles. The van der Waals surface area contributed by atoms with E-state index in [0.29, 0.717) is 6.42 Å². The number of carbonyl (C=O) groups excluding carboxylic acids is 1. The molecule has 0 bridgehead atoms. The van der Waals surface area contributed by atoms with Gasteiger partial charge in [-0.05, 0) is 51.4 Å². The quantitative estimate of drug-likeness (QED) is 0.0645. The largest absolute Gasteiger partial charge is 0.394 e. The van der Waals surface area contributed by atoms with Crippen LogP contribution in [0.25, 0.3) is 0 Å². The summed E-state index contributed by atoms with van der Waals surface area (Å²) in [5.74, 6) is -0.0877. The Morgan fingerprint density at radius 1 is 0.590 bits per heavy atom. The summed E-state index contributed by atoms with van der Waals surface area (Å²) in [6.45, 7) is 4.23. The van der Waals surface area contributed by atoms with Crippen LogP contribution in [0.2, 0.25) is 0 Å². The number of hydrogen-bond donors (Lipinski definition) is 3. The molecule has 0 radical (unpaired) electrons. The number of hydrogen-bond acceptors (Lipinski definition) is 3. The summed E-state index contributed by atoms with van der Waals surface area (Å²) in [7, 11) is 0. The molecule has 0 heterocycles. The summed E-state index contributed by atoms with van der Waals surface area (Å²) < 4.78 is 0. The molecule has 0 saturated heterocycles. The van der Waals surface area contributed by atoms with Gasteiger partial charge in [-0.15, -0.1) is 0 Å². The second kappa shape index (κ2) is 31.1. The predicted molar refractivity (Wildman–Crippen MR) is 170 cm³/mol. The third-order valence-corrected chi connectivity index (χ3v) is 7.35. The van der Waals surface area contributed by atoms with Crippen molar-refractivity contribution in [2.24, 2.45) is 0 Å². The highest BCUT2D eigenvalue weighted by Gasteiger charge is 2.17. The molecule has 1 amide bonds. The fourth-order valence-corrected chi connectivity index (χ4v) is 4.70. The molecule has 4 heteroatoms. The highest BCUT2D eigenvalue weighted by atomic mass is 16.3. The lowest BCUT2D eigenvalue weighted by atomic mass is 10.1. The summed E-state index contributed by atoms with van der Waals surface area (Å²) in [5, 5.41) is 22.8. The van der Waals surface area contributed by atoms with Crippen LogP contribution in [0.1, 0.15) is 162 Å². The summed E-state index contributed by atoms with van der Waals surface area (Å²) in [6, 6.07) is -0.639. The number of unbranched alkanes of at least 4 members (excludes halogenated alkanes) is 18. The van der Waals surface area contributed by atoms with Crippen molar-refractivity contribution < 1.29 is 15.0 Å². The summed E-state index contributed by atoms with van der Waals surface area (Å²) in [4.78, 5) is 12.2. The SMILES string of the molecule is CCCC/C=C\CCCCCCCC(=O)NC(CO)C(O)/C=C/CC/C=C/CCCCCCCCCCCC. The van der Waals surface area contributed by atoms with Gasteiger partial charge in [0.1, 0.15) is 0 Å². The van der Waals surface area contributed by atoms with Crippen molar-refractivity contribution in [1.82, 2.24) is 5.32 Å². The van der Waals surface area contributed by atoms with E-state index < -0.39 is 12.1 Å². The van der Waals surface area contributed by atoms with Crippen LogP contribution < -0.4 is 5.32 Å². The lowest BCUT2D eigenvalue weighted by molar-refractivity contribution is -0.123. The molecule has 2 atom stereocenters. The van der Waals surface area contributed by atoms with Gasteiger partial charge in [0.05, 0.1) is 18.8 Å². The Hall–Kier alpha value is -1.39. The minimum Gasteiger partial charge on any atom is -0.394 e. The molecule has 0 aromatic heterocycles. The molecular weight excluding hydrogens is 482 g/mol. The number of amides is 1. The fourth-order valence-electron chi connectivity index (χ4n) is 4.70. The number of aliphatic hydroxyl groups excluding tert-OH is 2. The Bertz CT molecular complexity index is 599. The topological polar surface area (TPSA) is 69.6 Å². The predicted octanol–water partition coefficient (Wildman–Crippen LogP) is 9.51. The molecule has 0 rings (SSSR count). The zero-order valence-electron chi connectivity index (χ0n) is 25.9. The third kappa shape index (κ3) is 28.0. The first-order valence-electron chi connectivity index (χ1n) is 16.7. The van der Waals surface area contributed by atoms with Crippen LogP contribution in [0.3, 0.4) is 0 Å². The first kappa shape index (κ1) is 37.6. The summed E-state index contributed by atoms with van der Waals surface area (Å²) >= 11 is 0. The van der Waals surface area contributed by atoms with Crippen LogP contribution in [0.15, 0.2) is 36.5 Å². The average molecular weight is 548 g/mol. The van der Waals surface area contributed by atoms with Gasteiger partial charge in [-0.1, -0.05) is 140 Å². The van der Waals surface area contributed by atoms with E-state index in [1.54, 1.807) is 6.08 Å². The van der Waals surface area contributed by atoms with Crippen LogP contribution >= 0.6 is 0 Å². The normalized spacial score (nSPS) is 13.6. The van der Waals surface area contributed by atoms with Gasteiger partial charge in [-0.2, -0.15) is 0 Å². The zero-order valence-corrected chi connectivity index (χ0v) is 25.9. The van der Waals surface area contributed by atoms with E-state index in [2.05, 4.69) is 43.5 Å². The van der Waals surface area contributed by atoms with Gasteiger partial charge in [0, 0.05) is 6.42 Å². The number of rotatable bonds is 29. The number of nitrogens with one attached hydrogen (secondary N) is 1. The van der Waals surface area contributed by atoms with E-state index in [4.69, 9.17) is 0 Å². The van der Waals surface area contributed by atoms with E-state index in [-0.39, 0.29) is 12.5 Å². The Morgan fingerprint density at radius 2 is 1.03 bits per heavy atom. The van der Waals surface area contributed by atoms with E-state index in [1.165, 1.54) is 96.3 Å². The number of aliphatic hydroxyl groups is 2. The maximum absolute atomic E-state index is 12.2. The Morgan fingerprint density at radius 3 is 1.56 bits per heavy atom. The first-order valence-corrected chi connectivity index (χ1v) is 16.7. The van der Waals surface area contributed by atoms with Crippen molar-refractivity contribution in [2.45, 2.75) is 174 Å². The molecule has 4 nitrogen and oxygen atoms in total. The van der Waals surface area contributed by atoms with Gasteiger partial charge in [0.25, 0.3) is 0 Å². The van der Waals surface area contributed by atoms with E-state index >= 15 is 0 Å². The minimum absolute atomic E-state index is 0.0877. The summed E-state index contributed by atoms with van der Waals surface area (Å²) in [5.41, 5.74) is 0. The molecule has 228 valence electrons. The van der Waals surface area contributed by atoms with E-state index in [1.807, 2.05) is 6.08 Å². The van der Waals surface area contributed by atoms with Crippen molar-refractivity contribution in [2.75, 3.05) is 6.61 Å². The molecule has 0 aromatic rings. The molecular formula is C35H65NO3. The van der Waals surface area contributed by atoms with Gasteiger partial charge in [0.2, 0.25) is 5.91 Å². The molecule has 0 aliphatic carbocycles. The van der Waals surface area contributed by atoms with Crippen molar-refractivity contribution in [1.29, 1.82) is 0 Å². The molecule has 39 heavy (non-hydrogen) atoms. The van der Waals surface area contributed by atoms with E-state index in [0.717, 1.165) is 44.9 Å². The molecule has 0 fully saturated rings. The fraction of sp³-hybridized carbons (Fsp3) is 0.800. The molecule has 2 unspecified atom stereocenters. The van der Waals surface area contributed by atoms with Gasteiger partial charge in [-0.25, -0.2) is 0 Å². The van der Waals surface area contributed by atoms with Crippen LogP contribution in [0.5, 0.6) is 0 Å². The Kier molecular flexibility index (Phi) is 30.0. The third-order valence-electron chi connectivity index (χ3n) is 7.35. The van der Waals surface area contributed by atoms with Gasteiger partial charge in [0.15, 0.2) is 0 Å². The van der Waals surface area contributed by atoms with Crippen molar-refractivity contribution in [3.63, 3.8) is 0 Å². The van der Waals surface area contributed by atoms with Gasteiger partial charge < -0.3 is 15.5 Å². The Balaban J connectivity index is 3.72. The van der Waals surface area contributed by atoms with Gasteiger partial charge >= 0.3 is 0 Å². The molecule has 0 aromatic carbocycles. The smallest absolute Gasteiger partial charge is 0.220 e. The van der Waals surface area contributed by atoms with Crippen molar-refractivity contribution in [3.05, 3.63) is 36.5 Å². The summed E-state index contributed by atoms with van der Waals surface area (Å²) in [6.07, 6.45) is 39.4. The highest BCUT2D eigenvalue weighted by molar-refractivity contribution is 5.76. The van der Waals surface area contributed by atoms with Gasteiger partial charge in [-0.3, -0.25) is 4.79 Å². The van der Waals surface area contributed by atoms with Crippen LogP contribution in [0.4, 0.5) is 0 Å². The van der Waals surface area contributed by atoms with Crippen LogP contribution in [-0.2, 0) is 4.79 Å². The second-order valence-corrected chi connectivity index (χ2v) is 11.2. The molecule has 3 N–H and O–H groups in total. The van der Waals surface area contributed by atoms with Crippen molar-refractivity contribution >= 4 is 5.91 Å². The molecule has 0 aliphatic rings. The zero-order chi connectivity index (χ0) is 28.7. The first-order chi connectivity index (χ1) is 19.2. The minimum atomic E-state index is -0.861. The number of allylic oxidation sites excluding steroid dienone is 5. The maximum atomic E-state index is 12.2. The second-order valence-electron chi connectivity index (χ2n) is 11.2. The lowest BCUT2D eigenvalue weighted by Gasteiger charge is -2.19. The monoisotopic (exact) mass is 547 g/mol. The standard InChI is InChI=1S/C35H65NO3/c1-3-5-7-9-11-13-15-16-17-18-19-21-22-24-26-28-30-34(38)33(32-37)36-35(39)31-29-27-25-23-20-14-12-10-8-6-4-2/h10,12,21-22,28,30,33-34,37-38H,3-9,11,13-20,23-27,29,31-32H2,1-2H3,(H,36,39)/b12-10-,22-21+,30-28+. The highest BCUT2D eigenvalue weighted by Crippen LogP contribution is 2.12. The number of carbonyl (C=O) groups is 1. The Labute approximate surface area is 242 Å². The average Bonchev–Trinajstić information content (AvgIpc) is 2.94.